The molecule has 7 heteroatoms. The largest absolute Gasteiger partial charge is 0.373 e. The Morgan fingerprint density at radius 3 is 2.50 bits per heavy atom. The Labute approximate surface area is 182 Å². The summed E-state index contributed by atoms with van der Waals surface area (Å²) in [5.74, 6) is -0.0742. The van der Waals surface area contributed by atoms with E-state index in [1.165, 1.54) is 16.9 Å². The van der Waals surface area contributed by atoms with E-state index in [9.17, 15) is 9.59 Å². The third-order valence-electron chi connectivity index (χ3n) is 5.09. The van der Waals surface area contributed by atoms with E-state index in [2.05, 4.69) is 41.5 Å². The van der Waals surface area contributed by atoms with Gasteiger partial charge in [-0.05, 0) is 42.8 Å². The Morgan fingerprint density at radius 1 is 1.07 bits per heavy atom. The van der Waals surface area contributed by atoms with Crippen LogP contribution in [0.15, 0.2) is 41.8 Å². The Kier molecular flexibility index (Phi) is 8.42. The first-order chi connectivity index (χ1) is 14.5. The predicted octanol–water partition coefficient (Wildman–Crippen LogP) is 3.18. The predicted molar refractivity (Wildman–Crippen MR) is 119 cm³/mol. The number of nitrogens with zero attached hydrogens (tertiary/aromatic N) is 1. The second-order valence-corrected chi connectivity index (χ2v) is 8.78. The van der Waals surface area contributed by atoms with Gasteiger partial charge in [0.05, 0.1) is 17.1 Å². The van der Waals surface area contributed by atoms with Gasteiger partial charge in [0.15, 0.2) is 0 Å². The SMILES string of the molecule is CC1CN(Cc2ccccc2CNC(=O)CCCNC(=O)c2cccs2)CC(C)O1. The summed E-state index contributed by atoms with van der Waals surface area (Å²) in [6.07, 6.45) is 1.49. The van der Waals surface area contributed by atoms with E-state index in [1.54, 1.807) is 6.07 Å². The van der Waals surface area contributed by atoms with Crippen LogP contribution in [-0.4, -0.2) is 48.6 Å². The van der Waals surface area contributed by atoms with Crippen LogP contribution >= 0.6 is 11.3 Å². The quantitative estimate of drug-likeness (QED) is 0.601. The van der Waals surface area contributed by atoms with E-state index in [4.69, 9.17) is 4.74 Å². The van der Waals surface area contributed by atoms with Crippen molar-refractivity contribution in [3.05, 3.63) is 57.8 Å². The second-order valence-electron chi connectivity index (χ2n) is 7.83. The van der Waals surface area contributed by atoms with Gasteiger partial charge in [0, 0.05) is 39.1 Å². The van der Waals surface area contributed by atoms with Crippen molar-refractivity contribution in [3.8, 4) is 0 Å². The molecule has 1 aromatic heterocycles. The van der Waals surface area contributed by atoms with E-state index in [1.807, 2.05) is 23.6 Å². The van der Waals surface area contributed by atoms with Crippen LogP contribution in [0.25, 0.3) is 0 Å². The number of hydrogen-bond donors (Lipinski definition) is 2. The van der Waals surface area contributed by atoms with E-state index in [0.717, 1.165) is 25.2 Å². The molecule has 30 heavy (non-hydrogen) atoms. The summed E-state index contributed by atoms with van der Waals surface area (Å²) in [6.45, 7) is 7.93. The maximum Gasteiger partial charge on any atom is 0.261 e. The average molecular weight is 430 g/mol. The first-order valence-electron chi connectivity index (χ1n) is 10.5. The molecule has 2 aromatic rings. The van der Waals surface area contributed by atoms with Crippen molar-refractivity contribution in [1.82, 2.24) is 15.5 Å². The number of thiophene rings is 1. The fourth-order valence-electron chi connectivity index (χ4n) is 3.77. The van der Waals surface area contributed by atoms with Crippen molar-refractivity contribution in [2.24, 2.45) is 0 Å². The van der Waals surface area contributed by atoms with Gasteiger partial charge in [-0.25, -0.2) is 0 Å². The molecule has 6 nitrogen and oxygen atoms in total. The van der Waals surface area contributed by atoms with E-state index in [-0.39, 0.29) is 24.0 Å². The zero-order valence-electron chi connectivity index (χ0n) is 17.7. The van der Waals surface area contributed by atoms with Crippen molar-refractivity contribution in [2.75, 3.05) is 19.6 Å². The van der Waals surface area contributed by atoms with Gasteiger partial charge in [-0.3, -0.25) is 14.5 Å². The summed E-state index contributed by atoms with van der Waals surface area (Å²) < 4.78 is 5.82. The molecule has 3 rings (SSSR count). The summed E-state index contributed by atoms with van der Waals surface area (Å²) in [6, 6.07) is 11.9. The molecule has 0 bridgehead atoms. The van der Waals surface area contributed by atoms with Crippen molar-refractivity contribution < 1.29 is 14.3 Å². The molecular formula is C23H31N3O3S. The lowest BCUT2D eigenvalue weighted by Gasteiger charge is -2.35. The lowest BCUT2D eigenvalue weighted by atomic mass is 10.1. The number of carbonyl (C=O) groups excluding carboxylic acids is 2. The van der Waals surface area contributed by atoms with Crippen LogP contribution < -0.4 is 10.6 Å². The molecule has 2 N–H and O–H groups in total. The Balaban J connectivity index is 1.41. The van der Waals surface area contributed by atoms with Crippen molar-refractivity contribution in [2.45, 2.75) is 52.0 Å². The summed E-state index contributed by atoms with van der Waals surface area (Å²) in [4.78, 5) is 27.2. The summed E-state index contributed by atoms with van der Waals surface area (Å²) in [5.41, 5.74) is 2.38. The number of amides is 2. The van der Waals surface area contributed by atoms with E-state index >= 15 is 0 Å². The molecule has 0 aliphatic carbocycles. The van der Waals surface area contributed by atoms with Gasteiger partial charge in [-0.2, -0.15) is 0 Å². The lowest BCUT2D eigenvalue weighted by molar-refractivity contribution is -0.121. The van der Waals surface area contributed by atoms with Crippen LogP contribution in [0.3, 0.4) is 0 Å². The van der Waals surface area contributed by atoms with Crippen LogP contribution in [0.2, 0.25) is 0 Å². The Bertz CT molecular complexity index is 815. The van der Waals surface area contributed by atoms with Gasteiger partial charge in [-0.15, -0.1) is 11.3 Å². The minimum absolute atomic E-state index is 0.00351. The third kappa shape index (κ3) is 6.93. The summed E-state index contributed by atoms with van der Waals surface area (Å²) in [7, 11) is 0. The highest BCUT2D eigenvalue weighted by atomic mass is 32.1. The number of ether oxygens (including phenoxy) is 1. The highest BCUT2D eigenvalue weighted by Gasteiger charge is 2.22. The van der Waals surface area contributed by atoms with Gasteiger partial charge in [0.25, 0.3) is 5.91 Å². The molecule has 1 fully saturated rings. The molecule has 2 unspecified atom stereocenters. The van der Waals surface area contributed by atoms with Crippen molar-refractivity contribution in [3.63, 3.8) is 0 Å². The average Bonchev–Trinajstić information content (AvgIpc) is 3.25. The van der Waals surface area contributed by atoms with Crippen LogP contribution in [0, 0.1) is 0 Å². The van der Waals surface area contributed by atoms with Gasteiger partial charge in [0.2, 0.25) is 5.91 Å². The fourth-order valence-corrected chi connectivity index (χ4v) is 4.41. The van der Waals surface area contributed by atoms with Crippen molar-refractivity contribution >= 4 is 23.2 Å². The summed E-state index contributed by atoms with van der Waals surface area (Å²) >= 11 is 1.41. The maximum absolute atomic E-state index is 12.2. The molecule has 1 aliphatic heterocycles. The topological polar surface area (TPSA) is 70.7 Å². The summed E-state index contributed by atoms with van der Waals surface area (Å²) in [5, 5.41) is 7.74. The van der Waals surface area contributed by atoms with Crippen LogP contribution in [0.5, 0.6) is 0 Å². The van der Waals surface area contributed by atoms with Crippen LogP contribution in [0.4, 0.5) is 0 Å². The van der Waals surface area contributed by atoms with Gasteiger partial charge in [0.1, 0.15) is 0 Å². The first-order valence-corrected chi connectivity index (χ1v) is 11.4. The number of benzene rings is 1. The minimum Gasteiger partial charge on any atom is -0.373 e. The minimum atomic E-state index is -0.0777. The molecule has 2 amide bonds. The lowest BCUT2D eigenvalue weighted by Crippen LogP contribution is -2.45. The highest BCUT2D eigenvalue weighted by Crippen LogP contribution is 2.17. The molecule has 0 saturated carbocycles. The highest BCUT2D eigenvalue weighted by molar-refractivity contribution is 7.12. The zero-order chi connectivity index (χ0) is 21.3. The fraction of sp³-hybridized carbons (Fsp3) is 0.478. The van der Waals surface area contributed by atoms with Crippen molar-refractivity contribution in [1.29, 1.82) is 0 Å². The smallest absolute Gasteiger partial charge is 0.261 e. The number of nitrogens with one attached hydrogen (secondary N) is 2. The van der Waals surface area contributed by atoms with Crippen LogP contribution in [-0.2, 0) is 22.6 Å². The number of morpholine rings is 1. The Hall–Kier alpha value is -2.22. The van der Waals surface area contributed by atoms with Gasteiger partial charge < -0.3 is 15.4 Å². The molecule has 0 radical (unpaired) electrons. The molecular weight excluding hydrogens is 398 g/mol. The molecule has 2 atom stereocenters. The van der Waals surface area contributed by atoms with Crippen LogP contribution in [0.1, 0.15) is 47.5 Å². The van der Waals surface area contributed by atoms with E-state index < -0.39 is 0 Å². The molecule has 2 heterocycles. The molecule has 1 aromatic carbocycles. The molecule has 1 saturated heterocycles. The number of hydrogen-bond acceptors (Lipinski definition) is 5. The first kappa shape index (κ1) is 22.5. The van der Waals surface area contributed by atoms with Gasteiger partial charge in [-0.1, -0.05) is 30.3 Å². The molecule has 1 aliphatic rings. The Morgan fingerprint density at radius 2 is 1.80 bits per heavy atom. The number of carbonyl (C=O) groups is 2. The monoisotopic (exact) mass is 429 g/mol. The standard InChI is InChI=1S/C23H31N3O3S/c1-17-14-26(15-18(2)29-17)16-20-8-4-3-7-19(20)13-25-22(27)10-5-11-24-23(28)21-9-6-12-30-21/h3-4,6-9,12,17-18H,5,10-11,13-16H2,1-2H3,(H,24,28)(H,25,27). The normalized spacial score (nSPS) is 19.4. The molecule has 0 spiro atoms. The second kappa shape index (κ2) is 11.2. The zero-order valence-corrected chi connectivity index (χ0v) is 18.5. The van der Waals surface area contributed by atoms with E-state index in [0.29, 0.717) is 30.8 Å². The maximum atomic E-state index is 12.2. The van der Waals surface area contributed by atoms with Gasteiger partial charge >= 0.3 is 0 Å². The molecule has 162 valence electrons. The third-order valence-corrected chi connectivity index (χ3v) is 5.96. The number of rotatable bonds is 9.